The van der Waals surface area contributed by atoms with E-state index < -0.39 is 0 Å². The van der Waals surface area contributed by atoms with Gasteiger partial charge in [-0.25, -0.2) is 14.2 Å². The van der Waals surface area contributed by atoms with Crippen LogP contribution in [0.5, 0.6) is 0 Å². The minimum Gasteiger partial charge on any atom is -0.456 e. The van der Waals surface area contributed by atoms with Crippen LogP contribution in [0.3, 0.4) is 0 Å². The van der Waals surface area contributed by atoms with Gasteiger partial charge in [-0.1, -0.05) is 12.1 Å². The van der Waals surface area contributed by atoms with E-state index >= 15 is 0 Å². The Hall–Kier alpha value is -2.23. The molecule has 0 atom stereocenters. The molecule has 2 aromatic rings. The monoisotopic (exact) mass is 243 g/mol. The van der Waals surface area contributed by atoms with Crippen molar-refractivity contribution in [3.63, 3.8) is 0 Å². The number of ether oxygens (including phenoxy) is 1. The molecular formula is C14H10FNO2. The zero-order valence-electron chi connectivity index (χ0n) is 9.52. The molecule has 0 spiro atoms. The van der Waals surface area contributed by atoms with Gasteiger partial charge in [-0.05, 0) is 35.7 Å². The van der Waals surface area contributed by atoms with Crippen molar-refractivity contribution in [2.45, 2.75) is 13.0 Å². The number of pyridine rings is 1. The summed E-state index contributed by atoms with van der Waals surface area (Å²) in [5.41, 5.74) is 3.21. The molecule has 3 nitrogen and oxygen atoms in total. The first-order valence-corrected chi connectivity index (χ1v) is 5.62. The third kappa shape index (κ3) is 1.97. The smallest absolute Gasteiger partial charge is 0.357 e. The van der Waals surface area contributed by atoms with Crippen LogP contribution in [0.2, 0.25) is 0 Å². The molecular weight excluding hydrogens is 233 g/mol. The first kappa shape index (κ1) is 10.9. The van der Waals surface area contributed by atoms with Crippen LogP contribution in [0.25, 0.3) is 0 Å². The van der Waals surface area contributed by atoms with Gasteiger partial charge in [-0.15, -0.1) is 0 Å². The number of esters is 1. The second-order valence-corrected chi connectivity index (χ2v) is 4.23. The summed E-state index contributed by atoms with van der Waals surface area (Å²) in [6.45, 7) is 0.290. The Kier molecular flexibility index (Phi) is 2.55. The van der Waals surface area contributed by atoms with Crippen molar-refractivity contribution < 1.29 is 13.9 Å². The second-order valence-electron chi connectivity index (χ2n) is 4.23. The second kappa shape index (κ2) is 4.22. The summed E-state index contributed by atoms with van der Waals surface area (Å²) >= 11 is 0. The quantitative estimate of drug-likeness (QED) is 0.761. The number of hydrogen-bond donors (Lipinski definition) is 0. The molecule has 0 saturated carbocycles. The number of rotatable bonds is 2. The summed E-state index contributed by atoms with van der Waals surface area (Å²) in [5.74, 6) is -0.608. The summed E-state index contributed by atoms with van der Waals surface area (Å²) in [7, 11) is 0. The predicted molar refractivity (Wildman–Crippen MR) is 62.6 cm³/mol. The van der Waals surface area contributed by atoms with Crippen molar-refractivity contribution in [3.8, 4) is 0 Å². The van der Waals surface area contributed by atoms with Crippen molar-refractivity contribution in [2.75, 3.05) is 0 Å². The molecule has 0 N–H and O–H groups in total. The third-order valence-corrected chi connectivity index (χ3v) is 2.90. The highest BCUT2D eigenvalue weighted by Crippen LogP contribution is 2.20. The lowest BCUT2D eigenvalue weighted by Crippen LogP contribution is -1.99. The van der Waals surface area contributed by atoms with E-state index in [9.17, 15) is 9.18 Å². The molecule has 0 bridgehead atoms. The van der Waals surface area contributed by atoms with Crippen LogP contribution >= 0.6 is 0 Å². The van der Waals surface area contributed by atoms with Crippen LogP contribution < -0.4 is 0 Å². The first-order valence-electron chi connectivity index (χ1n) is 5.62. The number of carbonyl (C=O) groups is 1. The predicted octanol–water partition coefficient (Wildman–Crippen LogP) is 2.48. The maximum atomic E-state index is 12.8. The van der Waals surface area contributed by atoms with Crippen molar-refractivity contribution in [2.24, 2.45) is 0 Å². The normalized spacial score (nSPS) is 13.3. The molecule has 1 aliphatic rings. The number of halogens is 1. The first-order chi connectivity index (χ1) is 8.72. The molecule has 90 valence electrons. The summed E-state index contributed by atoms with van der Waals surface area (Å²) in [4.78, 5) is 15.4. The van der Waals surface area contributed by atoms with Crippen molar-refractivity contribution in [1.29, 1.82) is 0 Å². The minimum atomic E-state index is -0.363. The molecule has 4 heteroatoms. The van der Waals surface area contributed by atoms with E-state index in [0.29, 0.717) is 18.7 Å². The maximum Gasteiger partial charge on any atom is 0.357 e. The van der Waals surface area contributed by atoms with Crippen molar-refractivity contribution in [1.82, 2.24) is 4.98 Å². The average Bonchev–Trinajstić information content (AvgIpc) is 2.74. The van der Waals surface area contributed by atoms with Gasteiger partial charge < -0.3 is 4.74 Å². The molecule has 1 aromatic heterocycles. The molecule has 0 amide bonds. The molecule has 2 heterocycles. The fraction of sp³-hybridized carbons (Fsp3) is 0.143. The molecule has 0 saturated heterocycles. The van der Waals surface area contributed by atoms with Gasteiger partial charge in [0.25, 0.3) is 0 Å². The number of nitrogens with zero attached hydrogens (tertiary/aromatic N) is 1. The number of carbonyl (C=O) groups excluding carboxylic acids is 1. The fourth-order valence-corrected chi connectivity index (χ4v) is 2.00. The highest BCUT2D eigenvalue weighted by atomic mass is 19.1. The zero-order chi connectivity index (χ0) is 12.5. The van der Waals surface area contributed by atoms with E-state index in [1.54, 1.807) is 18.3 Å². The summed E-state index contributed by atoms with van der Waals surface area (Å²) in [6, 6.07) is 8.26. The molecule has 1 aromatic carbocycles. The minimum absolute atomic E-state index is 0.246. The fourth-order valence-electron chi connectivity index (χ4n) is 2.00. The maximum absolute atomic E-state index is 12.8. The van der Waals surface area contributed by atoms with E-state index in [-0.39, 0.29) is 11.8 Å². The van der Waals surface area contributed by atoms with Gasteiger partial charge in [0.15, 0.2) is 5.69 Å². The van der Waals surface area contributed by atoms with E-state index in [1.165, 1.54) is 12.1 Å². The Balaban J connectivity index is 1.86. The molecule has 0 unspecified atom stereocenters. The van der Waals surface area contributed by atoms with E-state index in [2.05, 4.69) is 4.98 Å². The van der Waals surface area contributed by atoms with Crippen LogP contribution in [0, 0.1) is 5.82 Å². The Morgan fingerprint density at radius 1 is 1.22 bits per heavy atom. The number of aromatic nitrogens is 1. The van der Waals surface area contributed by atoms with E-state index in [4.69, 9.17) is 4.74 Å². The van der Waals surface area contributed by atoms with Crippen molar-refractivity contribution in [3.05, 3.63) is 64.7 Å². The van der Waals surface area contributed by atoms with Gasteiger partial charge in [0.2, 0.25) is 0 Å². The van der Waals surface area contributed by atoms with Crippen molar-refractivity contribution >= 4 is 5.97 Å². The highest BCUT2D eigenvalue weighted by Gasteiger charge is 2.22. The van der Waals surface area contributed by atoms with Gasteiger partial charge in [-0.3, -0.25) is 0 Å². The summed E-state index contributed by atoms with van der Waals surface area (Å²) in [6.07, 6.45) is 2.32. The molecule has 0 aliphatic carbocycles. The SMILES string of the molecule is O=C1OCc2cc(Cc3ccc(F)cc3)cnc21. The Morgan fingerprint density at radius 2 is 2.00 bits per heavy atom. The van der Waals surface area contributed by atoms with Crippen LogP contribution in [0.1, 0.15) is 27.2 Å². The van der Waals surface area contributed by atoms with E-state index in [0.717, 1.165) is 16.7 Å². The summed E-state index contributed by atoms with van der Waals surface area (Å²) < 4.78 is 17.7. The van der Waals surface area contributed by atoms with Crippen LogP contribution in [0.15, 0.2) is 36.5 Å². The number of cyclic esters (lactones) is 1. The lowest BCUT2D eigenvalue weighted by molar-refractivity contribution is 0.0531. The molecule has 0 radical (unpaired) electrons. The van der Waals surface area contributed by atoms with Crippen LogP contribution in [-0.2, 0) is 17.8 Å². The Labute approximate surface area is 103 Å². The molecule has 3 rings (SSSR count). The Bertz CT molecular complexity index is 608. The standard InChI is InChI=1S/C14H10FNO2/c15-12-3-1-9(2-4-12)5-10-6-11-8-18-14(17)13(11)16-7-10/h1-4,6-7H,5,8H2. The lowest BCUT2D eigenvalue weighted by atomic mass is 10.0. The van der Waals surface area contributed by atoms with Gasteiger partial charge in [-0.2, -0.15) is 0 Å². The number of fused-ring (bicyclic) bond motifs is 1. The van der Waals surface area contributed by atoms with Gasteiger partial charge >= 0.3 is 5.97 Å². The number of benzene rings is 1. The van der Waals surface area contributed by atoms with Crippen LogP contribution in [0.4, 0.5) is 4.39 Å². The zero-order valence-corrected chi connectivity index (χ0v) is 9.52. The lowest BCUT2D eigenvalue weighted by Gasteiger charge is -2.03. The van der Waals surface area contributed by atoms with Gasteiger partial charge in [0, 0.05) is 11.8 Å². The van der Waals surface area contributed by atoms with Gasteiger partial charge in [0.1, 0.15) is 12.4 Å². The highest BCUT2D eigenvalue weighted by molar-refractivity contribution is 5.91. The number of hydrogen-bond acceptors (Lipinski definition) is 3. The topological polar surface area (TPSA) is 39.2 Å². The molecule has 0 fully saturated rings. The largest absolute Gasteiger partial charge is 0.456 e. The molecule has 1 aliphatic heterocycles. The van der Waals surface area contributed by atoms with Crippen LogP contribution in [-0.4, -0.2) is 11.0 Å². The molecule has 18 heavy (non-hydrogen) atoms. The van der Waals surface area contributed by atoms with Gasteiger partial charge in [0.05, 0.1) is 0 Å². The average molecular weight is 243 g/mol. The summed E-state index contributed by atoms with van der Waals surface area (Å²) in [5, 5.41) is 0. The Morgan fingerprint density at radius 3 is 2.78 bits per heavy atom. The third-order valence-electron chi connectivity index (χ3n) is 2.90. The van der Waals surface area contributed by atoms with E-state index in [1.807, 2.05) is 6.07 Å².